The first-order valence-electron chi connectivity index (χ1n) is 9.56. The first kappa shape index (κ1) is 17.5. The van der Waals surface area contributed by atoms with Crippen molar-refractivity contribution >= 4 is 5.91 Å². The molecule has 0 spiro atoms. The van der Waals surface area contributed by atoms with E-state index in [2.05, 4.69) is 14.9 Å². The predicted octanol–water partition coefficient (Wildman–Crippen LogP) is 1.75. The van der Waals surface area contributed by atoms with Crippen LogP contribution >= 0.6 is 0 Å². The average molecular weight is 386 g/mol. The van der Waals surface area contributed by atoms with Crippen molar-refractivity contribution < 1.29 is 13.6 Å². The molecule has 8 heteroatoms. The Morgan fingerprint density at radius 1 is 1.11 bits per heavy atom. The standard InChI is InChI=1S/C20H20F2N4O2/c21-13-5-12(6-14(22)7-13)16-9-26(20(28)15-8-23-10-24-19(15)27)17-11-1-3-25(4-2-11)18(16)17/h5-8,10-11,16-18H,1-4,9H2,(H,23,24,27). The fraction of sp³-hybridized carbons (Fsp3) is 0.450. The van der Waals surface area contributed by atoms with Gasteiger partial charge in [0.25, 0.3) is 11.5 Å². The predicted molar refractivity (Wildman–Crippen MR) is 96.9 cm³/mol. The maximum Gasteiger partial charge on any atom is 0.263 e. The highest BCUT2D eigenvalue weighted by molar-refractivity contribution is 5.94. The molecule has 1 aromatic heterocycles. The minimum atomic E-state index is -0.615. The molecule has 3 unspecified atom stereocenters. The number of nitrogens with zero attached hydrogens (tertiary/aromatic N) is 3. The number of fused-ring (bicyclic) bond motifs is 2. The zero-order valence-corrected chi connectivity index (χ0v) is 15.1. The number of H-pyrrole nitrogens is 1. The average Bonchev–Trinajstić information content (AvgIpc) is 3.11. The Kier molecular flexibility index (Phi) is 4.04. The summed E-state index contributed by atoms with van der Waals surface area (Å²) in [6, 6.07) is 3.53. The zero-order valence-electron chi connectivity index (χ0n) is 15.1. The van der Waals surface area contributed by atoms with E-state index < -0.39 is 17.2 Å². The van der Waals surface area contributed by atoms with Gasteiger partial charge in [0, 0.05) is 30.8 Å². The van der Waals surface area contributed by atoms with Gasteiger partial charge < -0.3 is 9.88 Å². The van der Waals surface area contributed by atoms with Crippen molar-refractivity contribution in [1.29, 1.82) is 0 Å². The molecular formula is C20H20F2N4O2. The van der Waals surface area contributed by atoms with E-state index in [1.165, 1.54) is 24.7 Å². The Hall–Kier alpha value is -2.61. The van der Waals surface area contributed by atoms with Crippen LogP contribution in [0, 0.1) is 17.6 Å². The number of carbonyl (C=O) groups is 1. The lowest BCUT2D eigenvalue weighted by atomic mass is 9.75. The van der Waals surface area contributed by atoms with Crippen LogP contribution in [0.2, 0.25) is 0 Å². The van der Waals surface area contributed by atoms with E-state index in [4.69, 9.17) is 0 Å². The summed E-state index contributed by atoms with van der Waals surface area (Å²) < 4.78 is 27.8. The van der Waals surface area contributed by atoms with Crippen LogP contribution in [-0.4, -0.2) is 57.4 Å². The van der Waals surface area contributed by atoms with Crippen LogP contribution in [0.1, 0.15) is 34.7 Å². The molecule has 6 nitrogen and oxygen atoms in total. The third-order valence-electron chi connectivity index (χ3n) is 6.52. The molecule has 4 saturated heterocycles. The van der Waals surface area contributed by atoms with E-state index >= 15 is 0 Å². The highest BCUT2D eigenvalue weighted by atomic mass is 19.1. The molecule has 5 heterocycles. The van der Waals surface area contributed by atoms with Gasteiger partial charge in [-0.05, 0) is 49.5 Å². The quantitative estimate of drug-likeness (QED) is 0.854. The summed E-state index contributed by atoms with van der Waals surface area (Å²) in [7, 11) is 0. The van der Waals surface area contributed by atoms with E-state index in [-0.39, 0.29) is 29.5 Å². The minimum Gasteiger partial charge on any atom is -0.333 e. The fourth-order valence-corrected chi connectivity index (χ4v) is 5.39. The molecule has 1 amide bonds. The van der Waals surface area contributed by atoms with E-state index in [9.17, 15) is 18.4 Å². The van der Waals surface area contributed by atoms with Crippen molar-refractivity contribution in [3.63, 3.8) is 0 Å². The number of nitrogens with one attached hydrogen (secondary N) is 1. The monoisotopic (exact) mass is 386 g/mol. The van der Waals surface area contributed by atoms with Gasteiger partial charge in [0.2, 0.25) is 0 Å². The van der Waals surface area contributed by atoms with Crippen molar-refractivity contribution in [3.05, 3.63) is 63.8 Å². The molecule has 2 bridgehead atoms. The number of benzene rings is 1. The van der Waals surface area contributed by atoms with Crippen LogP contribution in [0.3, 0.4) is 0 Å². The Morgan fingerprint density at radius 3 is 2.50 bits per heavy atom. The molecule has 4 fully saturated rings. The van der Waals surface area contributed by atoms with Gasteiger partial charge in [0.15, 0.2) is 0 Å². The molecule has 2 aromatic rings. The summed E-state index contributed by atoms with van der Waals surface area (Å²) >= 11 is 0. The van der Waals surface area contributed by atoms with Crippen LogP contribution in [0.5, 0.6) is 0 Å². The van der Waals surface area contributed by atoms with Crippen LogP contribution in [-0.2, 0) is 0 Å². The summed E-state index contributed by atoms with van der Waals surface area (Å²) in [4.78, 5) is 35.7. The zero-order chi connectivity index (χ0) is 19.4. The van der Waals surface area contributed by atoms with Crippen molar-refractivity contribution in [1.82, 2.24) is 19.8 Å². The number of hydrogen-bond donors (Lipinski definition) is 1. The lowest BCUT2D eigenvalue weighted by Gasteiger charge is -2.51. The van der Waals surface area contributed by atoms with Crippen LogP contribution in [0.15, 0.2) is 35.5 Å². The molecule has 4 aliphatic heterocycles. The number of aromatic amines is 1. The minimum absolute atomic E-state index is 0.00349. The molecule has 28 heavy (non-hydrogen) atoms. The second kappa shape index (κ2) is 6.48. The maximum atomic E-state index is 13.9. The molecule has 3 atom stereocenters. The Balaban J connectivity index is 1.57. The lowest BCUT2D eigenvalue weighted by Crippen LogP contribution is -2.61. The highest BCUT2D eigenvalue weighted by Crippen LogP contribution is 2.47. The summed E-state index contributed by atoms with van der Waals surface area (Å²) in [6.07, 6.45) is 4.50. The Bertz CT molecular complexity index is 966. The number of likely N-dealkylation sites (tertiary alicyclic amines) is 1. The topological polar surface area (TPSA) is 69.3 Å². The SMILES string of the molecule is O=C(c1cnc[nH]c1=O)N1CC(c2cc(F)cc(F)c2)C2C1C1CCN2CC1. The second-order valence-electron chi connectivity index (χ2n) is 7.92. The molecule has 4 aliphatic rings. The number of hydrogen-bond acceptors (Lipinski definition) is 4. The van der Waals surface area contributed by atoms with E-state index in [0.717, 1.165) is 32.0 Å². The van der Waals surface area contributed by atoms with Gasteiger partial charge in [0.1, 0.15) is 17.2 Å². The van der Waals surface area contributed by atoms with Crippen LogP contribution in [0.25, 0.3) is 0 Å². The molecule has 0 saturated carbocycles. The molecule has 0 aliphatic carbocycles. The number of piperidine rings is 3. The smallest absolute Gasteiger partial charge is 0.263 e. The van der Waals surface area contributed by atoms with Gasteiger partial charge in [0.05, 0.1) is 12.4 Å². The van der Waals surface area contributed by atoms with Crippen molar-refractivity contribution in [2.24, 2.45) is 5.92 Å². The van der Waals surface area contributed by atoms with Gasteiger partial charge in [-0.1, -0.05) is 0 Å². The van der Waals surface area contributed by atoms with Crippen molar-refractivity contribution in [2.45, 2.75) is 30.8 Å². The first-order chi connectivity index (χ1) is 13.5. The highest BCUT2D eigenvalue weighted by Gasteiger charge is 2.55. The van der Waals surface area contributed by atoms with Gasteiger partial charge in [-0.15, -0.1) is 0 Å². The summed E-state index contributed by atoms with van der Waals surface area (Å²) in [5, 5.41) is 0. The third kappa shape index (κ3) is 2.66. The van der Waals surface area contributed by atoms with Gasteiger partial charge in [-0.3, -0.25) is 14.5 Å². The lowest BCUT2D eigenvalue weighted by molar-refractivity contribution is -0.00350. The van der Waals surface area contributed by atoms with Gasteiger partial charge in [-0.25, -0.2) is 13.8 Å². The molecule has 1 aromatic carbocycles. The van der Waals surface area contributed by atoms with Crippen LogP contribution < -0.4 is 5.56 Å². The van der Waals surface area contributed by atoms with Crippen LogP contribution in [0.4, 0.5) is 8.78 Å². The number of aromatic nitrogens is 2. The summed E-state index contributed by atoms with van der Waals surface area (Å²) in [5.41, 5.74) is 0.0947. The fourth-order valence-electron chi connectivity index (χ4n) is 5.39. The molecule has 1 N–H and O–H groups in total. The Labute approximate surface area is 160 Å². The first-order valence-corrected chi connectivity index (χ1v) is 9.56. The van der Waals surface area contributed by atoms with Crippen molar-refractivity contribution in [3.8, 4) is 0 Å². The normalized spacial score (nSPS) is 31.1. The number of rotatable bonds is 2. The summed E-state index contributed by atoms with van der Waals surface area (Å²) in [6.45, 7) is 2.18. The van der Waals surface area contributed by atoms with E-state index in [1.807, 2.05) is 0 Å². The summed E-state index contributed by atoms with van der Waals surface area (Å²) in [5.74, 6) is -1.46. The molecule has 0 radical (unpaired) electrons. The van der Waals surface area contributed by atoms with Gasteiger partial charge >= 0.3 is 0 Å². The van der Waals surface area contributed by atoms with E-state index in [1.54, 1.807) is 4.90 Å². The maximum absolute atomic E-state index is 13.9. The van der Waals surface area contributed by atoms with Crippen molar-refractivity contribution in [2.75, 3.05) is 19.6 Å². The van der Waals surface area contributed by atoms with Gasteiger partial charge in [-0.2, -0.15) is 0 Å². The second-order valence-corrected chi connectivity index (χ2v) is 7.92. The molecular weight excluding hydrogens is 366 g/mol. The Morgan fingerprint density at radius 2 is 1.82 bits per heavy atom. The molecule has 146 valence electrons. The number of carbonyl (C=O) groups excluding carboxylic acids is 1. The largest absolute Gasteiger partial charge is 0.333 e. The molecule has 6 rings (SSSR count). The number of amides is 1. The number of halogens is 2. The third-order valence-corrected chi connectivity index (χ3v) is 6.52. The van der Waals surface area contributed by atoms with E-state index in [0.29, 0.717) is 18.0 Å².